The lowest BCUT2D eigenvalue weighted by Gasteiger charge is -2.04. The number of halogens is 1. The number of benzene rings is 1. The summed E-state index contributed by atoms with van der Waals surface area (Å²) >= 11 is 6.10. The molecule has 0 N–H and O–H groups in total. The highest BCUT2D eigenvalue weighted by Gasteiger charge is 2.27. The molecule has 3 heteroatoms. The molecule has 1 saturated carbocycles. The molecule has 0 unspecified atom stereocenters. The van der Waals surface area contributed by atoms with Gasteiger partial charge in [0, 0.05) is 16.5 Å². The van der Waals surface area contributed by atoms with Crippen molar-refractivity contribution in [1.29, 1.82) is 0 Å². The zero-order valence-corrected chi connectivity index (χ0v) is 8.87. The molecule has 15 heavy (non-hydrogen) atoms. The number of aldehydes is 1. The van der Waals surface area contributed by atoms with Crippen LogP contribution in [0.4, 0.5) is 0 Å². The van der Waals surface area contributed by atoms with Gasteiger partial charge in [0.2, 0.25) is 0 Å². The van der Waals surface area contributed by atoms with E-state index in [-0.39, 0.29) is 0 Å². The van der Waals surface area contributed by atoms with Crippen LogP contribution in [0.25, 0.3) is 10.9 Å². The maximum Gasteiger partial charge on any atom is 0.166 e. The summed E-state index contributed by atoms with van der Waals surface area (Å²) in [5, 5.41) is 1.70. The fourth-order valence-corrected chi connectivity index (χ4v) is 2.29. The van der Waals surface area contributed by atoms with Gasteiger partial charge in [0.25, 0.3) is 0 Å². The molecule has 0 saturated heterocycles. The quantitative estimate of drug-likeness (QED) is 0.710. The number of hydrogen-bond acceptors (Lipinski definition) is 1. The second kappa shape index (κ2) is 3.11. The van der Waals surface area contributed by atoms with Gasteiger partial charge in [-0.25, -0.2) is 0 Å². The van der Waals surface area contributed by atoms with Gasteiger partial charge in [-0.15, -0.1) is 0 Å². The van der Waals surface area contributed by atoms with Gasteiger partial charge < -0.3 is 4.57 Å². The number of carbonyl (C=O) groups excluding carboxylic acids is 1. The van der Waals surface area contributed by atoms with Gasteiger partial charge in [-0.3, -0.25) is 4.79 Å². The topological polar surface area (TPSA) is 22.0 Å². The Bertz CT molecular complexity index is 540. The molecule has 3 rings (SSSR count). The van der Waals surface area contributed by atoms with Crippen LogP contribution in [0.5, 0.6) is 0 Å². The second-order valence-corrected chi connectivity index (χ2v) is 4.37. The van der Waals surface area contributed by atoms with Crippen LogP contribution in [-0.4, -0.2) is 10.9 Å². The van der Waals surface area contributed by atoms with Gasteiger partial charge in [-0.2, -0.15) is 0 Å². The average molecular weight is 220 g/mol. The van der Waals surface area contributed by atoms with Gasteiger partial charge in [0.15, 0.2) is 6.29 Å². The molecule has 76 valence electrons. The maximum atomic E-state index is 11.0. The van der Waals surface area contributed by atoms with Crippen molar-refractivity contribution in [2.75, 3.05) is 0 Å². The van der Waals surface area contributed by atoms with Crippen molar-refractivity contribution in [3.05, 3.63) is 35.0 Å². The molecule has 1 aromatic heterocycles. The first-order valence-electron chi connectivity index (χ1n) is 5.06. The molecule has 0 bridgehead atoms. The van der Waals surface area contributed by atoms with Crippen LogP contribution in [-0.2, 0) is 0 Å². The van der Waals surface area contributed by atoms with E-state index < -0.39 is 0 Å². The van der Waals surface area contributed by atoms with Gasteiger partial charge >= 0.3 is 0 Å². The van der Waals surface area contributed by atoms with Crippen molar-refractivity contribution in [1.82, 2.24) is 4.57 Å². The molecule has 0 amide bonds. The minimum Gasteiger partial charge on any atom is -0.335 e. The molecular weight excluding hydrogens is 210 g/mol. The van der Waals surface area contributed by atoms with E-state index in [0.717, 1.165) is 40.7 Å². The van der Waals surface area contributed by atoms with Crippen molar-refractivity contribution >= 4 is 28.8 Å². The van der Waals surface area contributed by atoms with Crippen LogP contribution in [0, 0.1) is 0 Å². The van der Waals surface area contributed by atoms with E-state index in [2.05, 4.69) is 4.57 Å². The molecular formula is C12H10ClNO. The van der Waals surface area contributed by atoms with Gasteiger partial charge in [-0.1, -0.05) is 17.7 Å². The SMILES string of the molecule is O=Cc1cc2c(Cl)cccc2n1C1CC1. The Morgan fingerprint density at radius 3 is 2.87 bits per heavy atom. The van der Waals surface area contributed by atoms with E-state index in [9.17, 15) is 4.79 Å². The van der Waals surface area contributed by atoms with E-state index in [1.807, 2.05) is 24.3 Å². The third kappa shape index (κ3) is 1.29. The monoisotopic (exact) mass is 219 g/mol. The third-order valence-electron chi connectivity index (χ3n) is 2.89. The number of rotatable bonds is 2. The Hall–Kier alpha value is -1.28. The molecule has 0 atom stereocenters. The van der Waals surface area contributed by atoms with E-state index in [1.165, 1.54) is 0 Å². The first-order chi connectivity index (χ1) is 7.31. The molecule has 1 aromatic carbocycles. The molecule has 1 heterocycles. The van der Waals surface area contributed by atoms with Crippen molar-refractivity contribution < 1.29 is 4.79 Å². The summed E-state index contributed by atoms with van der Waals surface area (Å²) in [6.07, 6.45) is 3.24. The Morgan fingerprint density at radius 1 is 1.40 bits per heavy atom. The Morgan fingerprint density at radius 2 is 2.20 bits per heavy atom. The van der Waals surface area contributed by atoms with Crippen LogP contribution in [0.15, 0.2) is 24.3 Å². The zero-order valence-electron chi connectivity index (χ0n) is 8.11. The lowest BCUT2D eigenvalue weighted by Crippen LogP contribution is -1.98. The van der Waals surface area contributed by atoms with E-state index in [4.69, 9.17) is 11.6 Å². The van der Waals surface area contributed by atoms with Crippen molar-refractivity contribution in [3.63, 3.8) is 0 Å². The lowest BCUT2D eigenvalue weighted by molar-refractivity contribution is 0.111. The predicted octanol–water partition coefficient (Wildman–Crippen LogP) is 3.44. The van der Waals surface area contributed by atoms with Crippen molar-refractivity contribution in [2.45, 2.75) is 18.9 Å². The Balaban J connectivity index is 2.38. The summed E-state index contributed by atoms with van der Waals surface area (Å²) in [5.41, 5.74) is 1.81. The molecule has 0 aliphatic heterocycles. The summed E-state index contributed by atoms with van der Waals surface area (Å²) < 4.78 is 2.11. The van der Waals surface area contributed by atoms with Gasteiger partial charge in [-0.05, 0) is 31.0 Å². The molecule has 2 aromatic rings. The number of nitrogens with zero attached hydrogens (tertiary/aromatic N) is 1. The van der Waals surface area contributed by atoms with Gasteiger partial charge in [0.05, 0.1) is 11.2 Å². The van der Waals surface area contributed by atoms with Crippen LogP contribution < -0.4 is 0 Å². The fourth-order valence-electron chi connectivity index (χ4n) is 2.07. The first kappa shape index (κ1) is 8.98. The number of carbonyl (C=O) groups is 1. The van der Waals surface area contributed by atoms with E-state index in [0.29, 0.717) is 6.04 Å². The zero-order chi connectivity index (χ0) is 10.4. The third-order valence-corrected chi connectivity index (χ3v) is 3.22. The Labute approximate surface area is 92.5 Å². The summed E-state index contributed by atoms with van der Waals surface area (Å²) in [5.74, 6) is 0. The van der Waals surface area contributed by atoms with Crippen LogP contribution in [0.1, 0.15) is 29.4 Å². The highest BCUT2D eigenvalue weighted by molar-refractivity contribution is 6.35. The average Bonchev–Trinajstić information content (AvgIpc) is 3.00. The first-order valence-corrected chi connectivity index (χ1v) is 5.43. The lowest BCUT2D eigenvalue weighted by atomic mass is 10.2. The maximum absolute atomic E-state index is 11.0. The molecule has 1 aliphatic carbocycles. The Kier molecular flexibility index (Phi) is 1.86. The smallest absolute Gasteiger partial charge is 0.166 e. The highest BCUT2D eigenvalue weighted by atomic mass is 35.5. The van der Waals surface area contributed by atoms with Crippen LogP contribution in [0.3, 0.4) is 0 Å². The minimum absolute atomic E-state index is 0.501. The molecule has 1 fully saturated rings. The molecule has 0 radical (unpaired) electrons. The van der Waals surface area contributed by atoms with E-state index in [1.54, 1.807) is 0 Å². The second-order valence-electron chi connectivity index (χ2n) is 3.96. The van der Waals surface area contributed by atoms with Gasteiger partial charge in [0.1, 0.15) is 0 Å². The highest BCUT2D eigenvalue weighted by Crippen LogP contribution is 2.40. The summed E-state index contributed by atoms with van der Waals surface area (Å²) in [6, 6.07) is 8.18. The van der Waals surface area contributed by atoms with Crippen LogP contribution in [0.2, 0.25) is 5.02 Å². The standard InChI is InChI=1S/C12H10ClNO/c13-11-2-1-3-12-10(11)6-9(7-15)14(12)8-4-5-8/h1-3,6-8H,4-5H2. The number of aromatic nitrogens is 1. The van der Waals surface area contributed by atoms with Crippen LogP contribution >= 0.6 is 11.6 Å². The molecule has 0 spiro atoms. The minimum atomic E-state index is 0.501. The molecule has 1 aliphatic rings. The largest absolute Gasteiger partial charge is 0.335 e. The summed E-state index contributed by atoms with van der Waals surface area (Å²) in [4.78, 5) is 11.0. The summed E-state index contributed by atoms with van der Waals surface area (Å²) in [6.45, 7) is 0. The summed E-state index contributed by atoms with van der Waals surface area (Å²) in [7, 11) is 0. The van der Waals surface area contributed by atoms with Crippen molar-refractivity contribution in [2.24, 2.45) is 0 Å². The van der Waals surface area contributed by atoms with E-state index >= 15 is 0 Å². The normalized spacial score (nSPS) is 15.8. The number of hydrogen-bond donors (Lipinski definition) is 0. The molecule has 2 nitrogen and oxygen atoms in total. The number of fused-ring (bicyclic) bond motifs is 1. The predicted molar refractivity (Wildman–Crippen MR) is 60.6 cm³/mol. The van der Waals surface area contributed by atoms with Crippen molar-refractivity contribution in [3.8, 4) is 0 Å². The fraction of sp³-hybridized carbons (Fsp3) is 0.250.